The number of furan rings is 1. The maximum Gasteiger partial charge on any atom is 0.159 e. The molecular formula is C45H28N4OS. The van der Waals surface area contributed by atoms with Crippen LogP contribution in [0.25, 0.3) is 69.6 Å². The third-order valence-corrected chi connectivity index (χ3v) is 11.2. The van der Waals surface area contributed by atoms with Crippen LogP contribution >= 0.6 is 11.3 Å². The molecule has 0 spiro atoms. The summed E-state index contributed by atoms with van der Waals surface area (Å²) in [5.41, 5.74) is 8.35. The third-order valence-electron chi connectivity index (χ3n) is 10.1. The van der Waals surface area contributed by atoms with E-state index in [0.717, 1.165) is 44.5 Å². The fourth-order valence-corrected chi connectivity index (χ4v) is 8.98. The first-order valence-electron chi connectivity index (χ1n) is 17.1. The van der Waals surface area contributed by atoms with Crippen molar-refractivity contribution in [2.45, 2.75) is 6.17 Å². The highest BCUT2D eigenvalue weighted by Gasteiger charge is 2.23. The van der Waals surface area contributed by atoms with Gasteiger partial charge < -0.3 is 14.3 Å². The smallest absolute Gasteiger partial charge is 0.159 e. The van der Waals surface area contributed by atoms with Crippen molar-refractivity contribution < 1.29 is 4.42 Å². The Morgan fingerprint density at radius 2 is 1.24 bits per heavy atom. The number of fused-ring (bicyclic) bond motifs is 10. The first kappa shape index (κ1) is 28.3. The molecule has 0 amide bonds. The summed E-state index contributed by atoms with van der Waals surface area (Å²) in [4.78, 5) is 10.0. The second kappa shape index (κ2) is 11.0. The van der Waals surface area contributed by atoms with Crippen molar-refractivity contribution in [1.29, 1.82) is 0 Å². The quantitative estimate of drug-likeness (QED) is 0.202. The second-order valence-corrected chi connectivity index (χ2v) is 14.1. The zero-order valence-electron chi connectivity index (χ0n) is 27.2. The lowest BCUT2D eigenvalue weighted by atomic mass is 10.0. The molecule has 4 heterocycles. The number of nitrogens with zero attached hydrogens (tertiary/aromatic N) is 3. The van der Waals surface area contributed by atoms with E-state index in [9.17, 15) is 0 Å². The van der Waals surface area contributed by atoms with Gasteiger partial charge >= 0.3 is 0 Å². The molecule has 7 aromatic carbocycles. The van der Waals surface area contributed by atoms with Crippen LogP contribution in [0.15, 0.2) is 172 Å². The first-order chi connectivity index (χ1) is 25.3. The Morgan fingerprint density at radius 1 is 0.569 bits per heavy atom. The van der Waals surface area contributed by atoms with Gasteiger partial charge in [-0.15, -0.1) is 11.3 Å². The highest BCUT2D eigenvalue weighted by atomic mass is 32.1. The summed E-state index contributed by atoms with van der Waals surface area (Å²) in [5.74, 6) is 1.50. The maximum absolute atomic E-state index is 6.59. The molecule has 1 aliphatic rings. The molecule has 5 nitrogen and oxygen atoms in total. The van der Waals surface area contributed by atoms with Crippen LogP contribution < -0.4 is 5.32 Å². The van der Waals surface area contributed by atoms with Crippen LogP contribution in [0, 0.1) is 0 Å². The Kier molecular flexibility index (Phi) is 6.12. The predicted octanol–water partition coefficient (Wildman–Crippen LogP) is 11.5. The van der Waals surface area contributed by atoms with Gasteiger partial charge in [0.2, 0.25) is 0 Å². The number of aliphatic imine (C=N–C) groups is 2. The van der Waals surface area contributed by atoms with Crippen LogP contribution in [0.1, 0.15) is 22.9 Å². The standard InChI is InChI=1S/C45H28N4OS/c1-3-11-27(12-4-1)43-46-44(28-13-5-2-6-14-28)48-45(47-43)29-19-21-35-39(25-29)50-38-24-23-34-33-22-20-30(26-40(33)51-42(34)41(35)38)49-36-17-9-7-15-31(36)32-16-8-10-18-37(32)49/h1-26,45H,(H,46,47,48). The molecule has 10 aromatic rings. The molecule has 0 fully saturated rings. The first-order valence-corrected chi connectivity index (χ1v) is 17.9. The van der Waals surface area contributed by atoms with Crippen molar-refractivity contribution in [3.05, 3.63) is 174 Å². The molecule has 1 atom stereocenters. The van der Waals surface area contributed by atoms with E-state index >= 15 is 0 Å². The summed E-state index contributed by atoms with van der Waals surface area (Å²) >= 11 is 1.84. The van der Waals surface area contributed by atoms with E-state index in [-0.39, 0.29) is 6.17 Å². The lowest BCUT2D eigenvalue weighted by molar-refractivity contribution is 0.655. The number of amidine groups is 2. The van der Waals surface area contributed by atoms with Crippen LogP contribution in [0.2, 0.25) is 0 Å². The molecule has 0 aliphatic carbocycles. The minimum atomic E-state index is -0.325. The van der Waals surface area contributed by atoms with Gasteiger partial charge in [-0.05, 0) is 42.5 Å². The van der Waals surface area contributed by atoms with Crippen LogP contribution in [-0.2, 0) is 0 Å². The molecule has 3 aromatic heterocycles. The molecule has 11 rings (SSSR count). The summed E-state index contributed by atoms with van der Waals surface area (Å²) < 4.78 is 11.5. The Labute approximate surface area is 296 Å². The molecule has 0 saturated heterocycles. The summed E-state index contributed by atoms with van der Waals surface area (Å²) in [6.07, 6.45) is -0.325. The number of para-hydroxylation sites is 2. The normalized spacial score (nSPS) is 14.9. The van der Waals surface area contributed by atoms with E-state index in [4.69, 9.17) is 14.4 Å². The number of rotatable bonds is 4. The molecule has 240 valence electrons. The fraction of sp³-hybridized carbons (Fsp3) is 0.0222. The van der Waals surface area contributed by atoms with Gasteiger partial charge in [-0.1, -0.05) is 115 Å². The molecule has 1 unspecified atom stereocenters. The highest BCUT2D eigenvalue weighted by Crippen LogP contribution is 2.44. The maximum atomic E-state index is 6.59. The number of thiophene rings is 1. The van der Waals surface area contributed by atoms with E-state index in [1.807, 2.05) is 47.7 Å². The number of nitrogens with one attached hydrogen (secondary N) is 1. The van der Waals surface area contributed by atoms with E-state index in [1.54, 1.807) is 0 Å². The molecule has 6 heteroatoms. The van der Waals surface area contributed by atoms with Gasteiger partial charge in [-0.3, -0.25) is 0 Å². The third kappa shape index (κ3) is 4.40. The average molecular weight is 673 g/mol. The summed E-state index contributed by atoms with van der Waals surface area (Å²) in [6.45, 7) is 0. The Bertz CT molecular complexity index is 3010. The Morgan fingerprint density at radius 3 is 2.00 bits per heavy atom. The van der Waals surface area contributed by atoms with Gasteiger partial charge in [0, 0.05) is 64.1 Å². The topological polar surface area (TPSA) is 54.8 Å². The van der Waals surface area contributed by atoms with Gasteiger partial charge in [0.15, 0.2) is 5.84 Å². The molecule has 0 bridgehead atoms. The van der Waals surface area contributed by atoms with E-state index < -0.39 is 0 Å². The number of aromatic nitrogens is 1. The minimum absolute atomic E-state index is 0.325. The zero-order valence-corrected chi connectivity index (χ0v) is 28.1. The zero-order chi connectivity index (χ0) is 33.5. The van der Waals surface area contributed by atoms with Crippen molar-refractivity contribution in [2.75, 3.05) is 0 Å². The minimum Gasteiger partial charge on any atom is -0.456 e. The van der Waals surface area contributed by atoms with Crippen molar-refractivity contribution in [3.63, 3.8) is 0 Å². The molecule has 1 N–H and O–H groups in total. The predicted molar refractivity (Wildman–Crippen MR) is 213 cm³/mol. The summed E-state index contributed by atoms with van der Waals surface area (Å²) in [5, 5.41) is 10.9. The summed E-state index contributed by atoms with van der Waals surface area (Å²) in [7, 11) is 0. The lowest BCUT2D eigenvalue weighted by Crippen LogP contribution is -2.33. The molecule has 0 saturated carbocycles. The van der Waals surface area contributed by atoms with Crippen molar-refractivity contribution in [2.24, 2.45) is 9.98 Å². The summed E-state index contributed by atoms with van der Waals surface area (Å²) in [6, 6.07) is 55.4. The van der Waals surface area contributed by atoms with Crippen LogP contribution in [-0.4, -0.2) is 16.2 Å². The van der Waals surface area contributed by atoms with E-state index in [1.165, 1.54) is 47.7 Å². The van der Waals surface area contributed by atoms with E-state index in [0.29, 0.717) is 5.84 Å². The van der Waals surface area contributed by atoms with Crippen molar-refractivity contribution >= 4 is 86.9 Å². The van der Waals surface area contributed by atoms with Crippen molar-refractivity contribution in [3.8, 4) is 5.69 Å². The lowest BCUT2D eigenvalue weighted by Gasteiger charge is -2.23. The number of benzene rings is 7. The molecule has 51 heavy (non-hydrogen) atoms. The van der Waals surface area contributed by atoms with Gasteiger partial charge in [0.05, 0.1) is 11.0 Å². The van der Waals surface area contributed by atoms with Crippen molar-refractivity contribution in [1.82, 2.24) is 9.88 Å². The molecular weight excluding hydrogens is 645 g/mol. The number of hydrogen-bond donors (Lipinski definition) is 1. The van der Waals surface area contributed by atoms with Gasteiger partial charge in [-0.25, -0.2) is 9.98 Å². The van der Waals surface area contributed by atoms with Crippen LogP contribution in [0.5, 0.6) is 0 Å². The van der Waals surface area contributed by atoms with Gasteiger partial charge in [0.1, 0.15) is 23.2 Å². The molecule has 0 radical (unpaired) electrons. The van der Waals surface area contributed by atoms with Crippen LogP contribution in [0.4, 0.5) is 0 Å². The SMILES string of the molecule is c1ccc(C2=NC(c3ccc4c(c3)oc3ccc5c6ccc(-n7c8ccccc8c8ccccc87)cc6sc5c34)NC(c3ccccc3)=N2)cc1. The largest absolute Gasteiger partial charge is 0.456 e. The van der Waals surface area contributed by atoms with Crippen LogP contribution in [0.3, 0.4) is 0 Å². The molecule has 1 aliphatic heterocycles. The number of hydrogen-bond acceptors (Lipinski definition) is 5. The van der Waals surface area contributed by atoms with E-state index in [2.05, 4.69) is 131 Å². The second-order valence-electron chi connectivity index (χ2n) is 13.0. The van der Waals surface area contributed by atoms with Gasteiger partial charge in [-0.2, -0.15) is 0 Å². The monoisotopic (exact) mass is 672 g/mol. The Hall–Kier alpha value is -6.50. The fourth-order valence-electron chi connectivity index (χ4n) is 7.69. The Balaban J connectivity index is 1.04. The van der Waals surface area contributed by atoms with Gasteiger partial charge in [0.25, 0.3) is 0 Å². The highest BCUT2D eigenvalue weighted by molar-refractivity contribution is 7.26. The average Bonchev–Trinajstić information content (AvgIpc) is 3.87.